The minimum absolute atomic E-state index is 0.0162. The second kappa shape index (κ2) is 1.78. The van der Waals surface area contributed by atoms with Crippen LogP contribution in [0.15, 0.2) is 0 Å². The number of fused-ring (bicyclic) bond motifs is 1. The molecule has 3 nitrogen and oxygen atoms in total. The van der Waals surface area contributed by atoms with Crippen molar-refractivity contribution in [3.63, 3.8) is 0 Å². The van der Waals surface area contributed by atoms with Crippen molar-refractivity contribution in [3.05, 3.63) is 0 Å². The second-order valence-corrected chi connectivity index (χ2v) is 4.12. The summed E-state index contributed by atoms with van der Waals surface area (Å²) in [7, 11) is 0. The van der Waals surface area contributed by atoms with E-state index in [1.54, 1.807) is 0 Å². The van der Waals surface area contributed by atoms with Gasteiger partial charge in [0.1, 0.15) is 0 Å². The zero-order valence-electron chi connectivity index (χ0n) is 6.79. The maximum atomic E-state index is 11.2. The van der Waals surface area contributed by atoms with Crippen LogP contribution < -0.4 is 5.32 Å². The van der Waals surface area contributed by atoms with Crippen LogP contribution in [0.4, 0.5) is 0 Å². The molecule has 11 heavy (non-hydrogen) atoms. The molecule has 2 N–H and O–H groups in total. The predicted molar refractivity (Wildman–Crippen MR) is 39.8 cm³/mol. The normalized spacial score (nSPS) is 45.0. The SMILES string of the molecule is CC1(C)[C@H]2[C@H](CO)NC(=O)[C@H]21. The monoisotopic (exact) mass is 155 g/mol. The average Bonchev–Trinajstić information content (AvgIpc) is 2.37. The number of amides is 1. The van der Waals surface area contributed by atoms with Gasteiger partial charge in [-0.3, -0.25) is 4.79 Å². The van der Waals surface area contributed by atoms with Gasteiger partial charge in [-0.15, -0.1) is 0 Å². The first kappa shape index (κ1) is 7.10. The molecule has 2 aliphatic rings. The molecule has 3 heteroatoms. The van der Waals surface area contributed by atoms with E-state index in [0.717, 1.165) is 0 Å². The number of rotatable bonds is 1. The lowest BCUT2D eigenvalue weighted by atomic mass is 10.0. The summed E-state index contributed by atoms with van der Waals surface area (Å²) in [5.74, 6) is 0.665. The van der Waals surface area contributed by atoms with E-state index in [0.29, 0.717) is 5.92 Å². The van der Waals surface area contributed by atoms with Gasteiger partial charge in [0.25, 0.3) is 0 Å². The Hall–Kier alpha value is -0.570. The van der Waals surface area contributed by atoms with E-state index in [9.17, 15) is 4.79 Å². The fraction of sp³-hybridized carbons (Fsp3) is 0.875. The molecule has 0 aromatic rings. The van der Waals surface area contributed by atoms with E-state index in [4.69, 9.17) is 5.11 Å². The smallest absolute Gasteiger partial charge is 0.224 e. The van der Waals surface area contributed by atoms with E-state index >= 15 is 0 Å². The van der Waals surface area contributed by atoms with Gasteiger partial charge in [-0.05, 0) is 11.3 Å². The lowest BCUT2D eigenvalue weighted by molar-refractivity contribution is -0.122. The molecule has 3 atom stereocenters. The van der Waals surface area contributed by atoms with Crippen LogP contribution in [0.25, 0.3) is 0 Å². The highest BCUT2D eigenvalue weighted by Gasteiger charge is 2.68. The lowest BCUT2D eigenvalue weighted by Crippen LogP contribution is -2.36. The molecule has 2 rings (SSSR count). The van der Waals surface area contributed by atoms with Gasteiger partial charge in [0.05, 0.1) is 12.6 Å². The Labute approximate surface area is 65.8 Å². The molecule has 0 radical (unpaired) electrons. The molecule has 0 bridgehead atoms. The van der Waals surface area contributed by atoms with Gasteiger partial charge < -0.3 is 10.4 Å². The van der Waals surface area contributed by atoms with E-state index in [1.165, 1.54) is 0 Å². The van der Waals surface area contributed by atoms with Gasteiger partial charge in [-0.2, -0.15) is 0 Å². The fourth-order valence-electron chi connectivity index (χ4n) is 2.45. The van der Waals surface area contributed by atoms with Crippen LogP contribution in [0.2, 0.25) is 0 Å². The largest absolute Gasteiger partial charge is 0.394 e. The molecule has 0 aromatic carbocycles. The molecule has 1 saturated heterocycles. The Bertz CT molecular complexity index is 212. The second-order valence-electron chi connectivity index (χ2n) is 4.12. The first-order valence-electron chi connectivity index (χ1n) is 4.00. The molecular weight excluding hydrogens is 142 g/mol. The minimum Gasteiger partial charge on any atom is -0.394 e. The lowest BCUT2D eigenvalue weighted by Gasteiger charge is -2.15. The maximum absolute atomic E-state index is 11.2. The molecule has 1 heterocycles. The van der Waals surface area contributed by atoms with E-state index in [1.807, 2.05) is 0 Å². The fourth-order valence-corrected chi connectivity index (χ4v) is 2.45. The highest BCUT2D eigenvalue weighted by molar-refractivity contribution is 5.86. The van der Waals surface area contributed by atoms with Crippen molar-refractivity contribution < 1.29 is 9.90 Å². The molecule has 1 aliphatic carbocycles. The van der Waals surface area contributed by atoms with Crippen molar-refractivity contribution in [2.75, 3.05) is 6.61 Å². The molecule has 0 unspecified atom stereocenters. The number of hydrogen-bond donors (Lipinski definition) is 2. The van der Waals surface area contributed by atoms with E-state index in [-0.39, 0.29) is 29.9 Å². The molecule has 0 aromatic heterocycles. The zero-order valence-corrected chi connectivity index (χ0v) is 6.79. The number of carbonyl (C=O) groups is 1. The topological polar surface area (TPSA) is 49.3 Å². The Balaban J connectivity index is 2.19. The first-order chi connectivity index (χ1) is 5.09. The van der Waals surface area contributed by atoms with Crippen molar-refractivity contribution in [1.82, 2.24) is 5.32 Å². The van der Waals surface area contributed by atoms with Crippen molar-refractivity contribution in [2.45, 2.75) is 19.9 Å². The van der Waals surface area contributed by atoms with Crippen molar-refractivity contribution in [1.29, 1.82) is 0 Å². The van der Waals surface area contributed by atoms with Crippen molar-refractivity contribution in [3.8, 4) is 0 Å². The van der Waals surface area contributed by atoms with Gasteiger partial charge in [0.15, 0.2) is 0 Å². The molecule has 0 spiro atoms. The van der Waals surface area contributed by atoms with E-state index < -0.39 is 0 Å². The highest BCUT2D eigenvalue weighted by Crippen LogP contribution is 2.62. The third kappa shape index (κ3) is 0.692. The Morgan fingerprint density at radius 3 is 2.55 bits per heavy atom. The summed E-state index contributed by atoms with van der Waals surface area (Å²) in [6.45, 7) is 4.25. The molecule has 1 saturated carbocycles. The highest BCUT2D eigenvalue weighted by atomic mass is 16.3. The van der Waals surface area contributed by atoms with Crippen LogP contribution in [0.1, 0.15) is 13.8 Å². The third-order valence-electron chi connectivity index (χ3n) is 3.15. The summed E-state index contributed by atoms with van der Waals surface area (Å²) in [5.41, 5.74) is 0.135. The first-order valence-corrected chi connectivity index (χ1v) is 4.00. The van der Waals surface area contributed by atoms with Gasteiger partial charge in [-0.1, -0.05) is 13.8 Å². The van der Waals surface area contributed by atoms with Crippen molar-refractivity contribution >= 4 is 5.91 Å². The number of carbonyl (C=O) groups excluding carboxylic acids is 1. The number of nitrogens with one attached hydrogen (secondary N) is 1. The summed E-state index contributed by atoms with van der Waals surface area (Å²) in [5, 5.41) is 11.7. The number of aliphatic hydroxyl groups excluding tert-OH is 1. The van der Waals surface area contributed by atoms with Gasteiger partial charge in [0, 0.05) is 5.92 Å². The van der Waals surface area contributed by atoms with Gasteiger partial charge >= 0.3 is 0 Å². The molecule has 2 fully saturated rings. The number of piperidine rings is 1. The standard InChI is InChI=1S/C8H13NO2/c1-8(2)5-4(3-10)9-7(11)6(5)8/h4-6,10H,3H2,1-2H3,(H,9,11)/t4-,5-,6-/m0/s1. The van der Waals surface area contributed by atoms with Crippen molar-refractivity contribution in [2.24, 2.45) is 17.3 Å². The number of aliphatic hydroxyl groups is 1. The maximum Gasteiger partial charge on any atom is 0.224 e. The van der Waals surface area contributed by atoms with Crippen LogP contribution >= 0.6 is 0 Å². The molecule has 1 aliphatic heterocycles. The van der Waals surface area contributed by atoms with Crippen LogP contribution in [0, 0.1) is 17.3 Å². The van der Waals surface area contributed by atoms with Gasteiger partial charge in [0.2, 0.25) is 5.91 Å². The summed E-state index contributed by atoms with van der Waals surface area (Å²) in [6, 6.07) is 0.0162. The number of hydrogen-bond acceptors (Lipinski definition) is 2. The molecule has 62 valence electrons. The minimum atomic E-state index is 0.0162. The Morgan fingerprint density at radius 1 is 1.64 bits per heavy atom. The molecular formula is C8H13NO2. The third-order valence-corrected chi connectivity index (χ3v) is 3.15. The summed E-state index contributed by atoms with van der Waals surface area (Å²) in [6.07, 6.45) is 0. The summed E-state index contributed by atoms with van der Waals surface area (Å²) >= 11 is 0. The van der Waals surface area contributed by atoms with Crippen LogP contribution in [0.5, 0.6) is 0 Å². The average molecular weight is 155 g/mol. The quantitative estimate of drug-likeness (QED) is 0.548. The summed E-state index contributed by atoms with van der Waals surface area (Å²) < 4.78 is 0. The molecule has 1 amide bonds. The van der Waals surface area contributed by atoms with E-state index in [2.05, 4.69) is 19.2 Å². The van der Waals surface area contributed by atoms with Crippen LogP contribution in [0.3, 0.4) is 0 Å². The predicted octanol–water partition coefficient (Wildman–Crippen LogP) is -0.251. The Morgan fingerprint density at radius 2 is 2.27 bits per heavy atom. The van der Waals surface area contributed by atoms with Crippen LogP contribution in [-0.4, -0.2) is 23.7 Å². The summed E-state index contributed by atoms with van der Waals surface area (Å²) in [4.78, 5) is 11.2. The Kier molecular flexibility index (Phi) is 1.15. The van der Waals surface area contributed by atoms with Crippen LogP contribution in [-0.2, 0) is 4.79 Å². The zero-order chi connectivity index (χ0) is 8.22. The van der Waals surface area contributed by atoms with Gasteiger partial charge in [-0.25, -0.2) is 0 Å².